The summed E-state index contributed by atoms with van der Waals surface area (Å²) in [5.41, 5.74) is 18.7. The van der Waals surface area contributed by atoms with Gasteiger partial charge in [-0.25, -0.2) is 0 Å². The van der Waals surface area contributed by atoms with Crippen molar-refractivity contribution >= 4 is 0 Å². The van der Waals surface area contributed by atoms with Gasteiger partial charge in [-0.05, 0) is 148 Å². The number of aromatic nitrogens is 4. The normalized spacial score (nSPS) is 12.6. The van der Waals surface area contributed by atoms with E-state index in [1.165, 1.54) is 55.6 Å². The number of hydrogen-bond donors (Lipinski definition) is 2. The summed E-state index contributed by atoms with van der Waals surface area (Å²) in [5.74, 6) is 0. The Hall–Kier alpha value is -1.33. The summed E-state index contributed by atoms with van der Waals surface area (Å²) in [6.45, 7) is 17.2. The third kappa shape index (κ3) is 4.78. The van der Waals surface area contributed by atoms with Crippen molar-refractivity contribution in [1.82, 2.24) is 20.4 Å². The monoisotopic (exact) mass is 660 g/mol. The van der Waals surface area contributed by atoms with Crippen molar-refractivity contribution in [3.63, 3.8) is 0 Å². The van der Waals surface area contributed by atoms with Crippen LogP contribution in [0.25, 0.3) is 22.3 Å². The first-order chi connectivity index (χ1) is 17.0. The second-order valence-corrected chi connectivity index (χ2v) is 10.5. The molecule has 2 aliphatic carbocycles. The minimum Gasteiger partial charge on any atom is -0.598 e. The maximum Gasteiger partial charge on any atom is 0.237 e. The summed E-state index contributed by atoms with van der Waals surface area (Å²) in [7, 11) is 0. The Kier molecular flexibility index (Phi) is 9.56. The van der Waals surface area contributed by atoms with Gasteiger partial charge in [0.15, 0.2) is 0 Å². The van der Waals surface area contributed by atoms with E-state index in [4.69, 9.17) is 0 Å². The molecule has 38 heavy (non-hydrogen) atoms. The molecule has 0 atom stereocenters. The van der Waals surface area contributed by atoms with Crippen molar-refractivity contribution in [2.45, 2.75) is 81.1 Å². The Morgan fingerprint density at radius 3 is 1.53 bits per heavy atom. The Labute approximate surface area is 274 Å². The average molecular weight is 660 g/mol. The van der Waals surface area contributed by atoms with E-state index in [-0.39, 0.29) is 76.5 Å². The second kappa shape index (κ2) is 11.6. The minimum absolute atomic E-state index is 0. The van der Waals surface area contributed by atoms with Gasteiger partial charge >= 0.3 is 0 Å². The summed E-state index contributed by atoms with van der Waals surface area (Å²) in [6, 6.07) is 0. The van der Waals surface area contributed by atoms with Crippen LogP contribution in [0.3, 0.4) is 0 Å². The van der Waals surface area contributed by atoms with Crippen molar-refractivity contribution in [1.29, 1.82) is 0 Å². The van der Waals surface area contributed by atoms with Crippen LogP contribution in [0.5, 0.6) is 0 Å². The zero-order chi connectivity index (χ0) is 26.0. The summed E-state index contributed by atoms with van der Waals surface area (Å²) < 4.78 is 0. The molecule has 6 rings (SSSR count). The Balaban J connectivity index is 0.000000200. The third-order valence-corrected chi connectivity index (χ3v) is 8.99. The molecule has 0 fully saturated rings. The molecule has 0 spiro atoms. The molecule has 2 N–H and O–H groups in total. The van der Waals surface area contributed by atoms with E-state index in [1.54, 1.807) is 0 Å². The molecule has 2 heterocycles. The summed E-state index contributed by atoms with van der Waals surface area (Å²) >= 11 is 0. The predicted molar refractivity (Wildman–Crippen MR) is 144 cm³/mol. The molecule has 8 heteroatoms. The van der Waals surface area contributed by atoms with E-state index in [2.05, 4.69) is 75.8 Å². The van der Waals surface area contributed by atoms with Gasteiger partial charge in [0, 0.05) is 82.2 Å². The zero-order valence-corrected chi connectivity index (χ0v) is 29.4. The first-order valence-corrected chi connectivity index (χ1v) is 12.7. The first-order valence-electron chi connectivity index (χ1n) is 12.7. The number of rotatable bonds is 0. The molecule has 0 amide bonds. The van der Waals surface area contributed by atoms with Gasteiger partial charge in [-0.1, -0.05) is 0 Å². The quantitative estimate of drug-likeness (QED) is 0.287. The molecule has 2 aromatic heterocycles. The van der Waals surface area contributed by atoms with E-state index < -0.39 is 0 Å². The fourth-order valence-corrected chi connectivity index (χ4v) is 6.17. The van der Waals surface area contributed by atoms with Gasteiger partial charge < -0.3 is 25.2 Å². The molecule has 2 radical (unpaired) electrons. The van der Waals surface area contributed by atoms with Gasteiger partial charge in [-0.2, -0.15) is 0 Å². The number of aryl methyl sites for hydroxylation is 2. The largest absolute Gasteiger partial charge is 0.598 e. The number of nitrogens with zero attached hydrogens (tertiary/aromatic N) is 2. The van der Waals surface area contributed by atoms with E-state index in [0.717, 1.165) is 59.3 Å². The van der Waals surface area contributed by atoms with Gasteiger partial charge in [0.25, 0.3) is 0 Å². The molecule has 2 aromatic carbocycles. The first kappa shape index (κ1) is 31.2. The number of fused-ring (bicyclic) bond motifs is 6. The topological polar surface area (TPSA) is 93.9 Å². The SMILES string of the molecule is Cc1c(C)c(C)c2c(c1C)CCc1[n-][nH]c(=O)c1-2.Cc1c(C)c(C)c2c(c1C)CCc1[nH][n-]c(=O)c1-2.[Y].[Y]. The molecule has 0 aliphatic heterocycles. The van der Waals surface area contributed by atoms with Crippen LogP contribution in [0.4, 0.5) is 0 Å². The van der Waals surface area contributed by atoms with Crippen molar-refractivity contribution < 1.29 is 65.4 Å². The van der Waals surface area contributed by atoms with Crippen molar-refractivity contribution in [3.8, 4) is 22.3 Å². The molecule has 194 valence electrons. The number of benzene rings is 2. The summed E-state index contributed by atoms with van der Waals surface area (Å²) in [6.07, 6.45) is 3.74. The standard InChI is InChI=1S/2C15H18N2O.2Y/c2*1-7-8(2)10(4)13-11(9(7)3)5-6-12-14(13)15(18)17-16-12;;/h2*5-6H2,1-4H3,(H2,16,17,18);;/p-2. The minimum atomic E-state index is -0.114. The van der Waals surface area contributed by atoms with Crippen LogP contribution in [0, 0.1) is 55.4 Å². The van der Waals surface area contributed by atoms with Crippen LogP contribution >= 0.6 is 0 Å². The summed E-state index contributed by atoms with van der Waals surface area (Å²) in [5, 5.41) is 13.5. The number of aromatic amines is 2. The number of H-pyrrole nitrogens is 2. The second-order valence-electron chi connectivity index (χ2n) is 10.5. The molecule has 2 aliphatic rings. The van der Waals surface area contributed by atoms with Gasteiger partial charge in [-0.15, -0.1) is 5.69 Å². The maximum atomic E-state index is 12.0. The Morgan fingerprint density at radius 1 is 0.500 bits per heavy atom. The van der Waals surface area contributed by atoms with Crippen molar-refractivity contribution in [2.75, 3.05) is 0 Å². The molecule has 0 saturated carbocycles. The molecule has 0 unspecified atom stereocenters. The van der Waals surface area contributed by atoms with Gasteiger partial charge in [0.1, 0.15) is 0 Å². The predicted octanol–water partition coefficient (Wildman–Crippen LogP) is 4.66. The van der Waals surface area contributed by atoms with E-state index in [1.807, 2.05) is 0 Å². The van der Waals surface area contributed by atoms with E-state index >= 15 is 0 Å². The van der Waals surface area contributed by atoms with E-state index in [0.29, 0.717) is 0 Å². The van der Waals surface area contributed by atoms with Gasteiger partial charge in [0.2, 0.25) is 5.56 Å². The van der Waals surface area contributed by atoms with Crippen LogP contribution in [0.2, 0.25) is 0 Å². The van der Waals surface area contributed by atoms with Gasteiger partial charge in [-0.3, -0.25) is 4.79 Å². The Morgan fingerprint density at radius 2 is 0.974 bits per heavy atom. The number of hydrogen-bond acceptors (Lipinski definition) is 2. The van der Waals surface area contributed by atoms with Crippen LogP contribution in [-0.2, 0) is 91.1 Å². The molecule has 4 aromatic rings. The van der Waals surface area contributed by atoms with Crippen LogP contribution in [0.15, 0.2) is 9.59 Å². The fourth-order valence-electron chi connectivity index (χ4n) is 6.17. The zero-order valence-electron chi connectivity index (χ0n) is 23.7. The van der Waals surface area contributed by atoms with Crippen LogP contribution < -0.4 is 21.3 Å². The van der Waals surface area contributed by atoms with Crippen molar-refractivity contribution in [3.05, 3.63) is 87.7 Å². The molecular formula is C30H34N4O2Y2-2. The average Bonchev–Trinajstić information content (AvgIpc) is 3.45. The molecule has 0 saturated heterocycles. The van der Waals surface area contributed by atoms with E-state index in [9.17, 15) is 9.59 Å². The van der Waals surface area contributed by atoms with Gasteiger partial charge in [0.05, 0.1) is 5.56 Å². The maximum absolute atomic E-state index is 12.0. The van der Waals surface area contributed by atoms with Crippen molar-refractivity contribution in [2.24, 2.45) is 0 Å². The fraction of sp³-hybridized carbons (Fsp3) is 0.400. The molecule has 0 bridgehead atoms. The smallest absolute Gasteiger partial charge is 0.237 e. The summed E-state index contributed by atoms with van der Waals surface area (Å²) in [4.78, 5) is 23.9. The Bertz CT molecular complexity index is 1540. The van der Waals surface area contributed by atoms with Crippen LogP contribution in [0.1, 0.15) is 67.0 Å². The van der Waals surface area contributed by atoms with Crippen LogP contribution in [-0.4, -0.2) is 10.2 Å². The molecule has 6 nitrogen and oxygen atoms in total. The number of nitrogens with one attached hydrogen (secondary N) is 2. The third-order valence-electron chi connectivity index (χ3n) is 8.99. The molecular weight excluding hydrogens is 626 g/mol.